The lowest BCUT2D eigenvalue weighted by Crippen LogP contribution is -2.13. The number of benzene rings is 2. The number of carbonyl (C=O) groups excluding carboxylic acids is 1. The van der Waals surface area contributed by atoms with E-state index in [0.717, 1.165) is 0 Å². The van der Waals surface area contributed by atoms with Gasteiger partial charge in [-0.25, -0.2) is 9.97 Å². The number of aromatic hydroxyl groups is 1. The summed E-state index contributed by atoms with van der Waals surface area (Å²) in [5.74, 6) is 0.00707. The first-order valence-electron chi connectivity index (χ1n) is 10.4. The normalized spacial score (nSPS) is 10.9. The lowest BCUT2D eigenvalue weighted by Gasteiger charge is -2.11. The standard InChI is InChI=1S/C25H16N8O2/c26-14-17-15-29-33(21-10-4-6-12-28-21)24(17)32-31-22-18-8-2-1-7-16(18)13-19(23(22)34)25(35)30-20-9-3-5-11-27-20/h1-13,15,34H,(H,27,30,35). The van der Waals surface area contributed by atoms with Gasteiger partial charge in [0, 0.05) is 17.8 Å². The number of phenolic OH excluding ortho intramolecular Hbond substituents is 1. The number of phenols is 1. The van der Waals surface area contributed by atoms with Gasteiger partial charge in [-0.3, -0.25) is 4.79 Å². The number of carbonyl (C=O) groups is 1. The quantitative estimate of drug-likeness (QED) is 0.351. The summed E-state index contributed by atoms with van der Waals surface area (Å²) in [5.41, 5.74) is 0.251. The fourth-order valence-electron chi connectivity index (χ4n) is 3.47. The number of nitrogens with one attached hydrogen (secondary N) is 1. The third-order valence-electron chi connectivity index (χ3n) is 5.12. The van der Waals surface area contributed by atoms with Crippen LogP contribution in [-0.2, 0) is 0 Å². The van der Waals surface area contributed by atoms with E-state index in [1.165, 1.54) is 10.9 Å². The Balaban J connectivity index is 1.61. The minimum Gasteiger partial charge on any atom is -0.505 e. The van der Waals surface area contributed by atoms with E-state index in [4.69, 9.17) is 0 Å². The Morgan fingerprint density at radius 1 is 1.00 bits per heavy atom. The van der Waals surface area contributed by atoms with Crippen LogP contribution in [0, 0.1) is 11.3 Å². The van der Waals surface area contributed by atoms with Gasteiger partial charge in [-0.05, 0) is 35.7 Å². The summed E-state index contributed by atoms with van der Waals surface area (Å²) in [4.78, 5) is 21.3. The lowest BCUT2D eigenvalue weighted by atomic mass is 10.0. The van der Waals surface area contributed by atoms with Gasteiger partial charge in [-0.15, -0.1) is 10.2 Å². The van der Waals surface area contributed by atoms with Crippen molar-refractivity contribution < 1.29 is 9.90 Å². The predicted molar refractivity (Wildman–Crippen MR) is 128 cm³/mol. The van der Waals surface area contributed by atoms with Crippen molar-refractivity contribution >= 4 is 34.0 Å². The largest absolute Gasteiger partial charge is 0.505 e. The summed E-state index contributed by atoms with van der Waals surface area (Å²) in [5, 5.41) is 37.2. The van der Waals surface area contributed by atoms with Crippen molar-refractivity contribution in [1.82, 2.24) is 19.7 Å². The van der Waals surface area contributed by atoms with Gasteiger partial charge in [0.15, 0.2) is 17.4 Å². The van der Waals surface area contributed by atoms with Crippen LogP contribution in [0.15, 0.2) is 95.5 Å². The molecule has 0 fully saturated rings. The van der Waals surface area contributed by atoms with Gasteiger partial charge in [0.25, 0.3) is 5.91 Å². The first kappa shape index (κ1) is 21.4. The minimum absolute atomic E-state index is 0.00189. The molecule has 0 unspecified atom stereocenters. The summed E-state index contributed by atoms with van der Waals surface area (Å²) >= 11 is 0. The van der Waals surface area contributed by atoms with E-state index < -0.39 is 5.91 Å². The summed E-state index contributed by atoms with van der Waals surface area (Å²) in [6.07, 6.45) is 4.50. The number of pyridine rings is 2. The Hall–Kier alpha value is -5.43. The van der Waals surface area contributed by atoms with Gasteiger partial charge < -0.3 is 10.4 Å². The Morgan fingerprint density at radius 3 is 2.51 bits per heavy atom. The van der Waals surface area contributed by atoms with Crippen LogP contribution in [0.3, 0.4) is 0 Å². The molecule has 3 aromatic heterocycles. The highest BCUT2D eigenvalue weighted by Gasteiger charge is 2.20. The van der Waals surface area contributed by atoms with Crippen LogP contribution in [0.5, 0.6) is 5.75 Å². The van der Waals surface area contributed by atoms with E-state index in [-0.39, 0.29) is 28.4 Å². The zero-order valence-corrected chi connectivity index (χ0v) is 18.1. The molecule has 2 aromatic carbocycles. The van der Waals surface area contributed by atoms with Gasteiger partial charge in [-0.1, -0.05) is 36.4 Å². The van der Waals surface area contributed by atoms with E-state index >= 15 is 0 Å². The first-order valence-corrected chi connectivity index (χ1v) is 10.4. The first-order chi connectivity index (χ1) is 17.2. The number of rotatable bonds is 5. The number of hydrogen-bond donors (Lipinski definition) is 2. The lowest BCUT2D eigenvalue weighted by molar-refractivity contribution is 0.102. The molecule has 1 amide bonds. The molecular weight excluding hydrogens is 444 g/mol. The van der Waals surface area contributed by atoms with Crippen LogP contribution in [0.4, 0.5) is 17.3 Å². The highest BCUT2D eigenvalue weighted by Crippen LogP contribution is 2.40. The Kier molecular flexibility index (Phi) is 5.63. The minimum atomic E-state index is -0.556. The van der Waals surface area contributed by atoms with Crippen molar-refractivity contribution in [2.45, 2.75) is 0 Å². The van der Waals surface area contributed by atoms with Crippen LogP contribution in [0.25, 0.3) is 16.6 Å². The molecule has 168 valence electrons. The Labute approximate surface area is 198 Å². The smallest absolute Gasteiger partial charge is 0.260 e. The number of azo groups is 1. The number of amides is 1. The van der Waals surface area contributed by atoms with E-state index in [1.807, 2.05) is 12.1 Å². The molecule has 0 saturated carbocycles. The maximum Gasteiger partial charge on any atom is 0.260 e. The second kappa shape index (κ2) is 9.21. The molecule has 10 heteroatoms. The zero-order valence-electron chi connectivity index (χ0n) is 18.1. The third kappa shape index (κ3) is 4.17. The number of aromatic nitrogens is 4. The maximum atomic E-state index is 13.0. The average Bonchev–Trinajstić information content (AvgIpc) is 3.32. The number of nitrogens with zero attached hydrogens (tertiary/aromatic N) is 7. The van der Waals surface area contributed by atoms with Gasteiger partial charge in [0.1, 0.15) is 23.1 Å². The molecule has 2 N–H and O–H groups in total. The topological polar surface area (TPSA) is 141 Å². The van der Waals surface area contributed by atoms with Crippen molar-refractivity contribution in [1.29, 1.82) is 5.26 Å². The molecule has 0 aliphatic rings. The van der Waals surface area contributed by atoms with Crippen LogP contribution in [0.2, 0.25) is 0 Å². The molecule has 0 bridgehead atoms. The highest BCUT2D eigenvalue weighted by atomic mass is 16.3. The number of anilines is 1. The molecule has 3 heterocycles. The number of hydrogen-bond acceptors (Lipinski definition) is 8. The fourth-order valence-corrected chi connectivity index (χ4v) is 3.47. The molecular formula is C25H16N8O2. The van der Waals surface area contributed by atoms with Crippen molar-refractivity contribution in [3.63, 3.8) is 0 Å². The molecule has 0 saturated heterocycles. The molecule has 0 atom stereocenters. The second-order valence-electron chi connectivity index (χ2n) is 7.30. The number of fused-ring (bicyclic) bond motifs is 1. The molecule has 5 aromatic rings. The van der Waals surface area contributed by atoms with Crippen LogP contribution < -0.4 is 5.32 Å². The molecule has 0 aliphatic heterocycles. The predicted octanol–water partition coefficient (Wildman–Crippen LogP) is 5.06. The summed E-state index contributed by atoms with van der Waals surface area (Å²) in [6, 6.07) is 21.1. The third-order valence-corrected chi connectivity index (χ3v) is 5.12. The molecule has 35 heavy (non-hydrogen) atoms. The zero-order chi connectivity index (χ0) is 24.2. The van der Waals surface area contributed by atoms with Crippen LogP contribution >= 0.6 is 0 Å². The molecule has 0 aliphatic carbocycles. The maximum absolute atomic E-state index is 13.0. The monoisotopic (exact) mass is 460 g/mol. The Bertz CT molecular complexity index is 1610. The van der Waals surface area contributed by atoms with Gasteiger partial charge in [-0.2, -0.15) is 15.0 Å². The van der Waals surface area contributed by atoms with Crippen molar-refractivity contribution in [3.05, 3.63) is 96.4 Å². The molecule has 0 spiro atoms. The van der Waals surface area contributed by atoms with Crippen molar-refractivity contribution in [3.8, 4) is 17.6 Å². The van der Waals surface area contributed by atoms with Crippen LogP contribution in [-0.4, -0.2) is 30.8 Å². The van der Waals surface area contributed by atoms with Crippen LogP contribution in [0.1, 0.15) is 15.9 Å². The van der Waals surface area contributed by atoms with E-state index in [1.54, 1.807) is 73.1 Å². The number of nitriles is 1. The molecule has 5 rings (SSSR count). The van der Waals surface area contributed by atoms with Gasteiger partial charge in [0.05, 0.1) is 11.8 Å². The highest BCUT2D eigenvalue weighted by molar-refractivity contribution is 6.11. The summed E-state index contributed by atoms with van der Waals surface area (Å²) < 4.78 is 1.37. The summed E-state index contributed by atoms with van der Waals surface area (Å²) in [6.45, 7) is 0. The fraction of sp³-hybridized carbons (Fsp3) is 0. The summed E-state index contributed by atoms with van der Waals surface area (Å²) in [7, 11) is 0. The Morgan fingerprint density at radius 2 is 1.77 bits per heavy atom. The van der Waals surface area contributed by atoms with Crippen molar-refractivity contribution in [2.75, 3.05) is 5.32 Å². The van der Waals surface area contributed by atoms with E-state index in [9.17, 15) is 15.2 Å². The SMILES string of the molecule is N#Cc1cnn(-c2ccccn2)c1N=Nc1c(O)c(C(=O)Nc2ccccn2)cc2ccccc12. The van der Waals surface area contributed by atoms with E-state index in [0.29, 0.717) is 22.4 Å². The van der Waals surface area contributed by atoms with Gasteiger partial charge in [0.2, 0.25) is 0 Å². The van der Waals surface area contributed by atoms with Crippen molar-refractivity contribution in [2.24, 2.45) is 10.2 Å². The second-order valence-corrected chi connectivity index (χ2v) is 7.30. The van der Waals surface area contributed by atoms with E-state index in [2.05, 4.69) is 30.6 Å². The van der Waals surface area contributed by atoms with Gasteiger partial charge >= 0.3 is 0 Å². The molecule has 0 radical (unpaired) electrons. The average molecular weight is 460 g/mol. The molecule has 10 nitrogen and oxygen atoms in total.